The number of amides is 1. The highest BCUT2D eigenvalue weighted by Crippen LogP contribution is 2.36. The van der Waals surface area contributed by atoms with Crippen molar-refractivity contribution in [2.24, 2.45) is 0 Å². The average Bonchev–Trinajstić information content (AvgIpc) is 3.04. The Morgan fingerprint density at radius 1 is 1.33 bits per heavy atom. The summed E-state index contributed by atoms with van der Waals surface area (Å²) in [7, 11) is 3.36. The second-order valence-corrected chi connectivity index (χ2v) is 5.89. The lowest BCUT2D eigenvalue weighted by molar-refractivity contribution is -0.156. The summed E-state index contributed by atoms with van der Waals surface area (Å²) in [6.45, 7) is 5.64. The van der Waals surface area contributed by atoms with E-state index in [0.717, 1.165) is 18.4 Å². The molecule has 0 aromatic rings. The molecule has 120 valence electrons. The first kappa shape index (κ1) is 16.5. The Balaban J connectivity index is 2.25. The van der Waals surface area contributed by atoms with Gasteiger partial charge in [-0.2, -0.15) is 0 Å². The van der Waals surface area contributed by atoms with Gasteiger partial charge in [0.1, 0.15) is 0 Å². The molecule has 2 rings (SSSR count). The third-order valence-electron chi connectivity index (χ3n) is 4.77. The molecule has 2 heterocycles. The monoisotopic (exact) mass is 297 g/mol. The van der Waals surface area contributed by atoms with Gasteiger partial charge in [0.15, 0.2) is 5.60 Å². The minimum Gasteiger partial charge on any atom is -0.383 e. The Hall–Kier alpha value is -0.910. The molecule has 2 aliphatic rings. The van der Waals surface area contributed by atoms with Crippen LogP contribution in [0.3, 0.4) is 0 Å². The molecule has 0 radical (unpaired) electrons. The van der Waals surface area contributed by atoms with Crippen LogP contribution in [0.2, 0.25) is 0 Å². The van der Waals surface area contributed by atoms with Crippen molar-refractivity contribution < 1.29 is 19.0 Å². The van der Waals surface area contributed by atoms with E-state index in [1.807, 2.05) is 24.8 Å². The zero-order chi connectivity index (χ0) is 15.5. The number of carbonyl (C=O) groups excluding carboxylic acids is 1. The first-order chi connectivity index (χ1) is 10.1. The second-order valence-electron chi connectivity index (χ2n) is 5.89. The van der Waals surface area contributed by atoms with E-state index in [2.05, 4.69) is 0 Å². The standard InChI is InChI=1S/C16H27NO4/c1-5-16(12(2)8-9-21-16)15(18)17-13(10-19-3)6-7-14(17)11-20-4/h8,13-14H,5-7,9-11H2,1-4H3/t13-,14-,16-/m0/s1. The topological polar surface area (TPSA) is 48.0 Å². The number of rotatable bonds is 6. The van der Waals surface area contributed by atoms with Crippen molar-refractivity contribution in [2.75, 3.05) is 34.0 Å². The van der Waals surface area contributed by atoms with Crippen molar-refractivity contribution >= 4 is 5.91 Å². The summed E-state index contributed by atoms with van der Waals surface area (Å²) in [6, 6.07) is 0.228. The molecule has 2 aliphatic heterocycles. The van der Waals surface area contributed by atoms with Gasteiger partial charge in [0.2, 0.25) is 0 Å². The summed E-state index contributed by atoms with van der Waals surface area (Å²) in [5.74, 6) is 0.0675. The van der Waals surface area contributed by atoms with Crippen LogP contribution in [0.15, 0.2) is 11.6 Å². The van der Waals surface area contributed by atoms with Gasteiger partial charge in [0.25, 0.3) is 5.91 Å². The summed E-state index contributed by atoms with van der Waals surface area (Å²) in [5.41, 5.74) is 0.233. The normalized spacial score (nSPS) is 32.6. The maximum atomic E-state index is 13.2. The molecule has 21 heavy (non-hydrogen) atoms. The zero-order valence-corrected chi connectivity index (χ0v) is 13.6. The van der Waals surface area contributed by atoms with Gasteiger partial charge in [-0.15, -0.1) is 0 Å². The van der Waals surface area contributed by atoms with Crippen molar-refractivity contribution in [1.29, 1.82) is 0 Å². The fraction of sp³-hybridized carbons (Fsp3) is 0.812. The molecule has 0 spiro atoms. The van der Waals surface area contributed by atoms with Gasteiger partial charge in [-0.3, -0.25) is 4.79 Å². The van der Waals surface area contributed by atoms with Crippen LogP contribution in [0.4, 0.5) is 0 Å². The van der Waals surface area contributed by atoms with Gasteiger partial charge < -0.3 is 19.1 Å². The largest absolute Gasteiger partial charge is 0.383 e. The van der Waals surface area contributed by atoms with Crippen molar-refractivity contribution in [3.8, 4) is 0 Å². The average molecular weight is 297 g/mol. The number of hydrogen-bond acceptors (Lipinski definition) is 4. The van der Waals surface area contributed by atoms with Crippen LogP contribution in [-0.4, -0.2) is 62.5 Å². The number of nitrogens with zero attached hydrogens (tertiary/aromatic N) is 1. The molecule has 0 unspecified atom stereocenters. The third-order valence-corrected chi connectivity index (χ3v) is 4.77. The molecule has 0 aliphatic carbocycles. The highest BCUT2D eigenvalue weighted by molar-refractivity contribution is 5.90. The maximum absolute atomic E-state index is 13.2. The molecule has 5 heteroatoms. The predicted molar refractivity (Wildman–Crippen MR) is 80.1 cm³/mol. The summed E-state index contributed by atoms with van der Waals surface area (Å²) < 4.78 is 16.5. The SMILES string of the molecule is CC[C@]1(C(=O)N2[C@H](COC)CC[C@H]2COC)OCC=C1C. The Morgan fingerprint density at radius 3 is 2.29 bits per heavy atom. The van der Waals surface area contributed by atoms with Crippen LogP contribution in [-0.2, 0) is 19.0 Å². The number of ether oxygens (including phenoxy) is 3. The first-order valence-corrected chi connectivity index (χ1v) is 7.72. The van der Waals surface area contributed by atoms with Gasteiger partial charge in [-0.05, 0) is 31.8 Å². The van der Waals surface area contributed by atoms with Crippen molar-refractivity contribution in [3.05, 3.63) is 11.6 Å². The number of methoxy groups -OCH3 is 2. The van der Waals surface area contributed by atoms with Crippen LogP contribution in [0.5, 0.6) is 0 Å². The quantitative estimate of drug-likeness (QED) is 0.701. The highest BCUT2D eigenvalue weighted by Gasteiger charge is 2.49. The summed E-state index contributed by atoms with van der Waals surface area (Å²) in [5, 5.41) is 0. The molecular weight excluding hydrogens is 270 g/mol. The molecule has 0 bridgehead atoms. The number of hydrogen-bond donors (Lipinski definition) is 0. The lowest BCUT2D eigenvalue weighted by atomic mass is 9.90. The Labute approximate surface area is 127 Å². The van der Waals surface area contributed by atoms with Gasteiger partial charge in [-0.25, -0.2) is 0 Å². The fourth-order valence-corrected chi connectivity index (χ4v) is 3.56. The molecule has 1 saturated heterocycles. The Bertz CT molecular complexity index is 395. The van der Waals surface area contributed by atoms with Crippen LogP contribution in [0.25, 0.3) is 0 Å². The molecule has 0 saturated carbocycles. The van der Waals surface area contributed by atoms with Gasteiger partial charge in [0.05, 0.1) is 31.9 Å². The first-order valence-electron chi connectivity index (χ1n) is 7.72. The molecule has 3 atom stereocenters. The van der Waals surface area contributed by atoms with Crippen LogP contribution in [0.1, 0.15) is 33.1 Å². The molecule has 5 nitrogen and oxygen atoms in total. The van der Waals surface area contributed by atoms with E-state index in [9.17, 15) is 4.79 Å². The van der Waals surface area contributed by atoms with E-state index in [1.165, 1.54) is 0 Å². The smallest absolute Gasteiger partial charge is 0.259 e. The van der Waals surface area contributed by atoms with E-state index < -0.39 is 5.60 Å². The molecule has 0 N–H and O–H groups in total. The van der Waals surface area contributed by atoms with E-state index in [0.29, 0.717) is 26.2 Å². The van der Waals surface area contributed by atoms with Crippen LogP contribution < -0.4 is 0 Å². The number of carbonyl (C=O) groups is 1. The summed E-state index contributed by atoms with van der Waals surface area (Å²) in [4.78, 5) is 15.2. The Kier molecular flexibility index (Phi) is 5.41. The number of likely N-dealkylation sites (tertiary alicyclic amines) is 1. The molecule has 0 aromatic heterocycles. The zero-order valence-electron chi connectivity index (χ0n) is 13.6. The van der Waals surface area contributed by atoms with Crippen molar-refractivity contribution in [1.82, 2.24) is 4.90 Å². The maximum Gasteiger partial charge on any atom is 0.259 e. The van der Waals surface area contributed by atoms with Crippen LogP contribution >= 0.6 is 0 Å². The van der Waals surface area contributed by atoms with E-state index >= 15 is 0 Å². The lowest BCUT2D eigenvalue weighted by Gasteiger charge is -2.38. The fourth-order valence-electron chi connectivity index (χ4n) is 3.56. The van der Waals surface area contributed by atoms with Crippen molar-refractivity contribution in [2.45, 2.75) is 50.8 Å². The van der Waals surface area contributed by atoms with Crippen LogP contribution in [0, 0.1) is 0 Å². The summed E-state index contributed by atoms with van der Waals surface area (Å²) in [6.07, 6.45) is 4.57. The Morgan fingerprint density at radius 2 is 1.90 bits per heavy atom. The lowest BCUT2D eigenvalue weighted by Crippen LogP contribution is -2.55. The minimum absolute atomic E-state index is 0.0675. The van der Waals surface area contributed by atoms with E-state index in [-0.39, 0.29) is 18.0 Å². The molecule has 1 fully saturated rings. The molecular formula is C16H27NO4. The summed E-state index contributed by atoms with van der Waals surface area (Å²) >= 11 is 0. The van der Waals surface area contributed by atoms with E-state index in [1.54, 1.807) is 14.2 Å². The molecule has 0 aromatic carbocycles. The van der Waals surface area contributed by atoms with Gasteiger partial charge >= 0.3 is 0 Å². The van der Waals surface area contributed by atoms with Gasteiger partial charge in [0, 0.05) is 14.2 Å². The minimum atomic E-state index is -0.789. The molecule has 1 amide bonds. The predicted octanol–water partition coefficient (Wildman–Crippen LogP) is 1.76. The van der Waals surface area contributed by atoms with E-state index in [4.69, 9.17) is 14.2 Å². The second kappa shape index (κ2) is 6.90. The third kappa shape index (κ3) is 2.87. The van der Waals surface area contributed by atoms with Gasteiger partial charge in [-0.1, -0.05) is 13.0 Å². The van der Waals surface area contributed by atoms with Crippen molar-refractivity contribution in [3.63, 3.8) is 0 Å². The highest BCUT2D eigenvalue weighted by atomic mass is 16.5.